The summed E-state index contributed by atoms with van der Waals surface area (Å²) >= 11 is 1.49. The molecule has 1 aliphatic heterocycles. The van der Waals surface area contributed by atoms with Crippen LogP contribution in [0.5, 0.6) is 0 Å². The fraction of sp³-hybridized carbons (Fsp3) is 0.353. The number of carbonyl (C=O) groups excluding carboxylic acids is 1. The van der Waals surface area contributed by atoms with E-state index in [0.717, 1.165) is 10.7 Å². The van der Waals surface area contributed by atoms with E-state index in [1.54, 1.807) is 6.07 Å². The summed E-state index contributed by atoms with van der Waals surface area (Å²) in [4.78, 5) is 14.5. The first kappa shape index (κ1) is 15.2. The molecule has 0 N–H and O–H groups in total. The van der Waals surface area contributed by atoms with E-state index < -0.39 is 5.60 Å². The lowest BCUT2D eigenvalue weighted by molar-refractivity contribution is -0.0930. The quantitative estimate of drug-likeness (QED) is 0.814. The van der Waals surface area contributed by atoms with Gasteiger partial charge in [-0.25, -0.2) is 0 Å². The van der Waals surface area contributed by atoms with Crippen LogP contribution >= 0.6 is 11.8 Å². The van der Waals surface area contributed by atoms with Crippen molar-refractivity contribution in [2.24, 2.45) is 0 Å². The summed E-state index contributed by atoms with van der Waals surface area (Å²) in [5.41, 5.74) is 1.22. The largest absolute Gasteiger partial charge is 0.457 e. The molecule has 1 atom stereocenters. The van der Waals surface area contributed by atoms with E-state index in [-0.39, 0.29) is 5.91 Å². The predicted octanol–water partition coefficient (Wildman–Crippen LogP) is 3.39. The van der Waals surface area contributed by atoms with Crippen molar-refractivity contribution in [1.82, 2.24) is 4.90 Å². The van der Waals surface area contributed by atoms with Gasteiger partial charge >= 0.3 is 0 Å². The van der Waals surface area contributed by atoms with Crippen molar-refractivity contribution in [3.8, 4) is 0 Å². The third-order valence-corrected chi connectivity index (χ3v) is 4.59. The molecule has 3 rings (SSSR count). The second-order valence-electron chi connectivity index (χ2n) is 5.53. The topological polar surface area (TPSA) is 42.7 Å². The smallest absolute Gasteiger partial charge is 0.257 e. The number of nitrogens with zero attached hydrogens (tertiary/aromatic N) is 1. The predicted molar refractivity (Wildman–Crippen MR) is 86.1 cm³/mol. The van der Waals surface area contributed by atoms with Crippen LogP contribution in [0.2, 0.25) is 0 Å². The van der Waals surface area contributed by atoms with Gasteiger partial charge in [0.15, 0.2) is 5.09 Å². The first-order chi connectivity index (χ1) is 10.6. The Kier molecular flexibility index (Phi) is 4.27. The molecule has 22 heavy (non-hydrogen) atoms. The summed E-state index contributed by atoms with van der Waals surface area (Å²) in [7, 11) is 0. The van der Waals surface area contributed by atoms with Crippen LogP contribution < -0.4 is 0 Å². The molecule has 2 heterocycles. The number of amides is 1. The number of furan rings is 1. The molecule has 4 nitrogen and oxygen atoms in total. The van der Waals surface area contributed by atoms with Crippen molar-refractivity contribution in [2.45, 2.75) is 17.6 Å². The molecule has 1 aromatic carbocycles. The highest BCUT2D eigenvalue weighted by molar-refractivity contribution is 7.98. The Morgan fingerprint density at radius 2 is 2.09 bits per heavy atom. The Balaban J connectivity index is 1.79. The van der Waals surface area contributed by atoms with Crippen molar-refractivity contribution in [2.75, 3.05) is 26.0 Å². The van der Waals surface area contributed by atoms with Crippen LogP contribution in [0.1, 0.15) is 22.8 Å². The fourth-order valence-corrected chi connectivity index (χ4v) is 3.12. The lowest BCUT2D eigenvalue weighted by atomic mass is 9.93. The molecule has 0 radical (unpaired) electrons. The van der Waals surface area contributed by atoms with Crippen molar-refractivity contribution in [3.05, 3.63) is 53.8 Å². The summed E-state index contributed by atoms with van der Waals surface area (Å²) in [6.07, 6.45) is 3.46. The van der Waals surface area contributed by atoms with E-state index in [2.05, 4.69) is 0 Å². The Bertz CT molecular complexity index is 655. The highest BCUT2D eigenvalue weighted by Gasteiger charge is 2.36. The third kappa shape index (κ3) is 2.91. The average molecular weight is 317 g/mol. The number of morpholine rings is 1. The van der Waals surface area contributed by atoms with Crippen LogP contribution in [0.4, 0.5) is 0 Å². The van der Waals surface area contributed by atoms with Crippen LogP contribution in [0, 0.1) is 0 Å². The first-order valence-corrected chi connectivity index (χ1v) is 8.46. The second kappa shape index (κ2) is 6.18. The summed E-state index contributed by atoms with van der Waals surface area (Å²) in [6.45, 7) is 3.70. The Hall–Kier alpha value is -1.72. The van der Waals surface area contributed by atoms with E-state index in [1.165, 1.54) is 18.0 Å². The molecule has 1 fully saturated rings. The molecule has 5 heteroatoms. The monoisotopic (exact) mass is 317 g/mol. The SMILES string of the molecule is CSc1cc(C(=O)N2CCOC(C)(c3ccccc3)C2)co1. The van der Waals surface area contributed by atoms with E-state index in [4.69, 9.17) is 9.15 Å². The fourth-order valence-electron chi connectivity index (χ4n) is 2.73. The maximum atomic E-state index is 12.6. The van der Waals surface area contributed by atoms with Gasteiger partial charge in [-0.05, 0) is 18.7 Å². The lowest BCUT2D eigenvalue weighted by Crippen LogP contribution is -2.50. The number of carbonyl (C=O) groups is 1. The van der Waals surface area contributed by atoms with Crippen LogP contribution in [0.25, 0.3) is 0 Å². The van der Waals surface area contributed by atoms with Gasteiger partial charge in [-0.3, -0.25) is 4.79 Å². The molecule has 1 unspecified atom stereocenters. The number of thioether (sulfide) groups is 1. The summed E-state index contributed by atoms with van der Waals surface area (Å²) < 4.78 is 11.3. The van der Waals surface area contributed by atoms with Crippen molar-refractivity contribution in [3.63, 3.8) is 0 Å². The average Bonchev–Trinajstić information content (AvgIpc) is 3.04. The molecule has 0 bridgehead atoms. The van der Waals surface area contributed by atoms with Crippen molar-refractivity contribution < 1.29 is 13.9 Å². The standard InChI is InChI=1S/C17H19NO3S/c1-17(14-6-4-3-5-7-14)12-18(8-9-21-17)16(19)13-10-15(22-2)20-11-13/h3-7,10-11H,8-9,12H2,1-2H3. The Morgan fingerprint density at radius 3 is 2.77 bits per heavy atom. The van der Waals surface area contributed by atoms with Gasteiger partial charge in [0.1, 0.15) is 11.9 Å². The van der Waals surface area contributed by atoms with Gasteiger partial charge in [-0.1, -0.05) is 42.1 Å². The highest BCUT2D eigenvalue weighted by atomic mass is 32.2. The summed E-state index contributed by atoms with van der Waals surface area (Å²) in [5, 5.41) is 0.752. The molecule has 1 saturated heterocycles. The van der Waals surface area contributed by atoms with Gasteiger partial charge in [0, 0.05) is 12.6 Å². The van der Waals surface area contributed by atoms with E-state index >= 15 is 0 Å². The third-order valence-electron chi connectivity index (χ3n) is 3.97. The zero-order valence-electron chi connectivity index (χ0n) is 12.7. The number of benzene rings is 1. The Morgan fingerprint density at radius 1 is 1.32 bits per heavy atom. The van der Waals surface area contributed by atoms with Crippen LogP contribution in [0.3, 0.4) is 0 Å². The lowest BCUT2D eigenvalue weighted by Gasteiger charge is -2.40. The summed E-state index contributed by atoms with van der Waals surface area (Å²) in [5.74, 6) is -0.00509. The molecular formula is C17H19NO3S. The maximum Gasteiger partial charge on any atom is 0.257 e. The van der Waals surface area contributed by atoms with Gasteiger partial charge in [-0.2, -0.15) is 0 Å². The normalized spacial score (nSPS) is 21.8. The molecule has 0 aliphatic carbocycles. The number of ether oxygens (including phenoxy) is 1. The van der Waals surface area contributed by atoms with Crippen LogP contribution in [-0.4, -0.2) is 36.8 Å². The van der Waals surface area contributed by atoms with E-state index in [9.17, 15) is 4.79 Å². The van der Waals surface area contributed by atoms with Gasteiger partial charge < -0.3 is 14.1 Å². The first-order valence-electron chi connectivity index (χ1n) is 7.24. The van der Waals surface area contributed by atoms with Crippen molar-refractivity contribution >= 4 is 17.7 Å². The zero-order valence-corrected chi connectivity index (χ0v) is 13.6. The zero-order chi connectivity index (χ0) is 15.6. The van der Waals surface area contributed by atoms with Crippen LogP contribution in [-0.2, 0) is 10.3 Å². The van der Waals surface area contributed by atoms with Gasteiger partial charge in [0.05, 0.1) is 18.7 Å². The number of hydrogen-bond acceptors (Lipinski definition) is 4. The van der Waals surface area contributed by atoms with E-state index in [0.29, 0.717) is 25.3 Å². The van der Waals surface area contributed by atoms with Crippen molar-refractivity contribution in [1.29, 1.82) is 0 Å². The molecule has 1 aliphatic rings. The minimum atomic E-state index is -0.471. The molecular weight excluding hydrogens is 298 g/mol. The molecule has 0 spiro atoms. The minimum absolute atomic E-state index is 0.00509. The second-order valence-corrected chi connectivity index (χ2v) is 6.34. The van der Waals surface area contributed by atoms with Gasteiger partial charge in [0.2, 0.25) is 0 Å². The Labute approximate surface area is 134 Å². The highest BCUT2D eigenvalue weighted by Crippen LogP contribution is 2.30. The van der Waals surface area contributed by atoms with Crippen LogP contribution in [0.15, 0.2) is 52.2 Å². The number of rotatable bonds is 3. The van der Waals surface area contributed by atoms with Gasteiger partial charge in [0.25, 0.3) is 5.91 Å². The molecule has 0 saturated carbocycles. The molecule has 1 aromatic heterocycles. The number of hydrogen-bond donors (Lipinski definition) is 0. The molecule has 1 amide bonds. The maximum absolute atomic E-state index is 12.6. The summed E-state index contributed by atoms with van der Waals surface area (Å²) in [6, 6.07) is 11.8. The molecule has 2 aromatic rings. The van der Waals surface area contributed by atoms with E-state index in [1.807, 2.05) is 48.4 Å². The molecule has 116 valence electrons. The minimum Gasteiger partial charge on any atom is -0.457 e. The van der Waals surface area contributed by atoms with Gasteiger partial charge in [-0.15, -0.1) is 0 Å².